The van der Waals surface area contributed by atoms with Gasteiger partial charge in [0.05, 0.1) is 0 Å². The van der Waals surface area contributed by atoms with Crippen LogP contribution in [0.5, 0.6) is 0 Å². The fraction of sp³-hybridized carbons (Fsp3) is 0.107. The zero-order chi connectivity index (χ0) is 41.4. The van der Waals surface area contributed by atoms with Crippen LogP contribution in [0, 0.1) is 0 Å². The molecule has 0 fully saturated rings. The van der Waals surface area contributed by atoms with E-state index in [4.69, 9.17) is 0 Å². The van der Waals surface area contributed by atoms with E-state index in [0.717, 1.165) is 22.7 Å². The number of anilines is 6. The van der Waals surface area contributed by atoms with Gasteiger partial charge < -0.3 is 0 Å². The zero-order valence-electron chi connectivity index (χ0n) is 35.5. The fourth-order valence-corrected chi connectivity index (χ4v) is 13.4. The normalized spacial score (nSPS) is 11.8. The molecule has 0 saturated carbocycles. The Bertz CT molecular complexity index is 2630. The van der Waals surface area contributed by atoms with Crippen LogP contribution in [0.15, 0.2) is 206 Å². The van der Waals surface area contributed by atoms with Crippen molar-refractivity contribution in [3.8, 4) is 22.3 Å². The predicted molar refractivity (Wildman–Crippen MR) is 268 cm³/mol. The van der Waals surface area contributed by atoms with Gasteiger partial charge >= 0.3 is 352 Å². The van der Waals surface area contributed by atoms with Gasteiger partial charge in [0, 0.05) is 0 Å². The van der Waals surface area contributed by atoms with E-state index >= 15 is 0 Å². The summed E-state index contributed by atoms with van der Waals surface area (Å²) in [5.41, 5.74) is 11.7. The summed E-state index contributed by atoms with van der Waals surface area (Å²) in [7, 11) is 0. The molecule has 0 N–H and O–H groups in total. The van der Waals surface area contributed by atoms with Crippen LogP contribution in [0.4, 0.5) is 34.1 Å². The zero-order valence-corrected chi connectivity index (χ0v) is 39.7. The first-order valence-corrected chi connectivity index (χ1v) is 35.8. The van der Waals surface area contributed by atoms with E-state index in [1.54, 1.807) is 0 Å². The second-order valence-electron chi connectivity index (χ2n) is 17.9. The summed E-state index contributed by atoms with van der Waals surface area (Å²) >= 11 is -4.15. The number of hydrogen-bond acceptors (Lipinski definition) is 2. The molecule has 0 bridgehead atoms. The van der Waals surface area contributed by atoms with Gasteiger partial charge in [-0.25, -0.2) is 0 Å². The van der Waals surface area contributed by atoms with Crippen LogP contribution < -0.4 is 18.6 Å². The summed E-state index contributed by atoms with van der Waals surface area (Å²) in [6.45, 7) is 0. The fourth-order valence-electron chi connectivity index (χ4n) is 8.47. The van der Waals surface area contributed by atoms with Gasteiger partial charge in [-0.05, 0) is 0 Å². The van der Waals surface area contributed by atoms with Crippen molar-refractivity contribution in [3.05, 3.63) is 206 Å². The molecule has 0 unspecified atom stereocenters. The Hall–Kier alpha value is -5.81. The number of nitrogens with zero attached hydrogens (tertiary/aromatic N) is 2. The van der Waals surface area contributed by atoms with Gasteiger partial charge in [0.1, 0.15) is 0 Å². The molecule has 9 aromatic rings. The van der Waals surface area contributed by atoms with E-state index in [1.807, 2.05) is 0 Å². The van der Waals surface area contributed by atoms with E-state index < -0.39 is 26.5 Å². The Kier molecular flexibility index (Phi) is 10.8. The van der Waals surface area contributed by atoms with Crippen LogP contribution in [0.2, 0.25) is 34.5 Å². The number of fused-ring (bicyclic) bond motifs is 2. The maximum atomic E-state index is 2.49. The van der Waals surface area contributed by atoms with Crippen molar-refractivity contribution >= 4 is 91.0 Å². The molecular formula is C56H52Ge2N2. The van der Waals surface area contributed by atoms with Gasteiger partial charge in [-0.3, -0.25) is 0 Å². The van der Waals surface area contributed by atoms with Crippen molar-refractivity contribution in [1.29, 1.82) is 0 Å². The second-order valence-corrected chi connectivity index (χ2v) is 39.2. The molecule has 9 rings (SSSR count). The van der Waals surface area contributed by atoms with Gasteiger partial charge in [-0.2, -0.15) is 0 Å². The summed E-state index contributed by atoms with van der Waals surface area (Å²) in [5, 5.41) is 4.79. The maximum absolute atomic E-state index is 2.49. The van der Waals surface area contributed by atoms with Crippen molar-refractivity contribution in [2.75, 3.05) is 9.80 Å². The minimum absolute atomic E-state index is 1.12. The van der Waals surface area contributed by atoms with Crippen LogP contribution in [-0.2, 0) is 0 Å². The number of rotatable bonds is 10. The molecule has 0 spiro atoms. The summed E-state index contributed by atoms with van der Waals surface area (Å²) in [6.07, 6.45) is 0. The van der Waals surface area contributed by atoms with Crippen molar-refractivity contribution in [2.45, 2.75) is 34.5 Å². The van der Waals surface area contributed by atoms with Gasteiger partial charge in [0.15, 0.2) is 0 Å². The number of hydrogen-bond donors (Lipinski definition) is 0. The molecule has 0 aromatic heterocycles. The molecule has 0 heterocycles. The molecule has 2 nitrogen and oxygen atoms in total. The van der Waals surface area contributed by atoms with Crippen molar-refractivity contribution in [2.24, 2.45) is 0 Å². The SMILES string of the molecule is [CH3][Ge]([CH3])([CH3])[c]1ccc(N(c2ccc(-c3ccccc3)cc2)c2c3ccccc3c(N(c3ccc(-c4ccccc4)cc3)c3cc[c]([Ge]([CH3])([CH3])[CH3])cc3)c3ccccc23)cc1. The molecule has 0 aliphatic carbocycles. The summed E-state index contributed by atoms with van der Waals surface area (Å²) in [4.78, 5) is 4.98. The van der Waals surface area contributed by atoms with E-state index in [0.29, 0.717) is 0 Å². The Morgan fingerprint density at radius 2 is 0.483 bits per heavy atom. The molecule has 4 heteroatoms. The summed E-state index contributed by atoms with van der Waals surface area (Å²) < 4.78 is 3.00. The van der Waals surface area contributed by atoms with Crippen LogP contribution in [-0.4, -0.2) is 26.5 Å². The van der Waals surface area contributed by atoms with E-state index in [-0.39, 0.29) is 0 Å². The molecule has 0 atom stereocenters. The topological polar surface area (TPSA) is 6.48 Å². The van der Waals surface area contributed by atoms with Crippen molar-refractivity contribution < 1.29 is 0 Å². The molecule has 60 heavy (non-hydrogen) atoms. The van der Waals surface area contributed by atoms with Crippen molar-refractivity contribution in [1.82, 2.24) is 0 Å². The van der Waals surface area contributed by atoms with E-state index in [1.165, 1.54) is 64.0 Å². The summed E-state index contributed by atoms with van der Waals surface area (Å²) in [5.74, 6) is 14.8. The first-order valence-electron chi connectivity index (χ1n) is 21.1. The Morgan fingerprint density at radius 1 is 0.250 bits per heavy atom. The third-order valence-electron chi connectivity index (χ3n) is 11.8. The Balaban J connectivity index is 1.30. The van der Waals surface area contributed by atoms with Gasteiger partial charge in [0.25, 0.3) is 0 Å². The predicted octanol–water partition coefficient (Wildman–Crippen LogP) is 15.4. The van der Waals surface area contributed by atoms with E-state index in [2.05, 4.69) is 251 Å². The summed E-state index contributed by atoms with van der Waals surface area (Å²) in [6, 6.07) is 76.5. The average molecular weight is 898 g/mol. The minimum atomic E-state index is -2.07. The third kappa shape index (κ3) is 7.82. The second kappa shape index (κ2) is 16.3. The first-order chi connectivity index (χ1) is 29.0. The first kappa shape index (κ1) is 39.6. The van der Waals surface area contributed by atoms with Gasteiger partial charge in [-0.1, -0.05) is 12.1 Å². The van der Waals surface area contributed by atoms with Crippen LogP contribution in [0.1, 0.15) is 0 Å². The van der Waals surface area contributed by atoms with Crippen LogP contribution in [0.3, 0.4) is 0 Å². The molecule has 0 aliphatic heterocycles. The molecule has 294 valence electrons. The van der Waals surface area contributed by atoms with Crippen molar-refractivity contribution in [3.63, 3.8) is 0 Å². The molecule has 9 aromatic carbocycles. The number of benzene rings is 9. The molecule has 0 saturated heterocycles. The Labute approximate surface area is 361 Å². The monoisotopic (exact) mass is 900 g/mol. The van der Waals surface area contributed by atoms with Gasteiger partial charge in [-0.15, -0.1) is 0 Å². The molecular weight excluding hydrogens is 846 g/mol. The molecule has 0 aliphatic rings. The Morgan fingerprint density at radius 3 is 0.750 bits per heavy atom. The van der Waals surface area contributed by atoms with E-state index in [9.17, 15) is 0 Å². The van der Waals surface area contributed by atoms with Gasteiger partial charge in [0.2, 0.25) is 0 Å². The standard InChI is InChI=1S/C56H52Ge2N2/c1-57(2,3)45-29-37-49(38-30-45)59(47-33-25-43(26-34-47)41-17-9-7-10-18-41)55-51-21-13-15-23-53(51)56(54-24-16-14-22-52(54)55)60(50-39-31-46(32-40-50)58(4,5)6)48-35-27-44(28-36-48)42-19-11-8-12-20-42/h7-40H,1-6H3. The third-order valence-corrected chi connectivity index (χ3v) is 20.4. The quantitative estimate of drug-likeness (QED) is 0.0767. The van der Waals surface area contributed by atoms with Crippen LogP contribution in [0.25, 0.3) is 43.8 Å². The average Bonchev–Trinajstić information content (AvgIpc) is 3.28. The molecule has 0 radical (unpaired) electrons. The molecule has 0 amide bonds. The van der Waals surface area contributed by atoms with Crippen LogP contribution >= 0.6 is 0 Å².